The Kier molecular flexibility index (Phi) is 9.98. The molecule has 5 rings (SSSR count). The molecule has 0 saturated carbocycles. The third-order valence-corrected chi connectivity index (χ3v) is 8.98. The Hall–Kier alpha value is -4.50. The van der Waals surface area contributed by atoms with Crippen LogP contribution in [0.15, 0.2) is 77.3 Å². The van der Waals surface area contributed by atoms with Gasteiger partial charge < -0.3 is 19.5 Å². The zero-order valence-electron chi connectivity index (χ0n) is 26.0. The molecule has 0 radical (unpaired) electrons. The smallest absolute Gasteiger partial charge is 0.339 e. The lowest BCUT2D eigenvalue weighted by Crippen LogP contribution is -2.42. The van der Waals surface area contributed by atoms with Gasteiger partial charge in [0.15, 0.2) is 0 Å². The average Bonchev–Trinajstić information content (AvgIpc) is 3.05. The van der Waals surface area contributed by atoms with Crippen molar-refractivity contribution in [2.75, 3.05) is 37.2 Å². The first kappa shape index (κ1) is 31.9. The van der Waals surface area contributed by atoms with Gasteiger partial charge in [-0.3, -0.25) is 10.2 Å². The quantitative estimate of drug-likeness (QED) is 0.166. The van der Waals surface area contributed by atoms with Crippen LogP contribution in [0.5, 0.6) is 11.5 Å². The van der Waals surface area contributed by atoms with Crippen LogP contribution in [0.4, 0.5) is 17.1 Å². The van der Waals surface area contributed by atoms with Crippen molar-refractivity contribution in [3.8, 4) is 22.6 Å². The minimum atomic E-state index is -1.11. The lowest BCUT2D eigenvalue weighted by Gasteiger charge is -2.36. The molecule has 234 valence electrons. The SMILES string of the molecule is COc1cc(CC(=O)NN(c2ccc(-c3ccccc3)c(C)c2OC)c2c(C)cccc2N2CCCCC2)c(Br)cc1C(=O)O. The van der Waals surface area contributed by atoms with Crippen LogP contribution < -0.4 is 24.8 Å². The first-order valence-electron chi connectivity index (χ1n) is 15.0. The van der Waals surface area contributed by atoms with Crippen molar-refractivity contribution in [1.29, 1.82) is 0 Å². The molecule has 1 heterocycles. The normalized spacial score (nSPS) is 12.9. The van der Waals surface area contributed by atoms with Crippen LogP contribution in [-0.4, -0.2) is 44.3 Å². The molecule has 0 aromatic heterocycles. The van der Waals surface area contributed by atoms with Crippen molar-refractivity contribution in [3.05, 3.63) is 99.5 Å². The predicted octanol–water partition coefficient (Wildman–Crippen LogP) is 7.85. The van der Waals surface area contributed by atoms with Gasteiger partial charge in [0.25, 0.3) is 0 Å². The molecule has 1 aliphatic rings. The second-order valence-corrected chi connectivity index (χ2v) is 12.0. The van der Waals surface area contributed by atoms with E-state index in [9.17, 15) is 14.7 Å². The number of methoxy groups -OCH3 is 2. The first-order valence-corrected chi connectivity index (χ1v) is 15.8. The fourth-order valence-corrected chi connectivity index (χ4v) is 6.49. The van der Waals surface area contributed by atoms with Gasteiger partial charge in [-0.05, 0) is 79.6 Å². The number of carboxylic acids is 1. The summed E-state index contributed by atoms with van der Waals surface area (Å²) in [6.07, 6.45) is 3.39. The summed E-state index contributed by atoms with van der Waals surface area (Å²) in [5.74, 6) is -0.565. The van der Waals surface area contributed by atoms with Crippen LogP contribution in [-0.2, 0) is 11.2 Å². The van der Waals surface area contributed by atoms with E-state index in [1.807, 2.05) is 49.2 Å². The van der Waals surface area contributed by atoms with Crippen LogP contribution in [0.3, 0.4) is 0 Å². The number of nitrogens with one attached hydrogen (secondary N) is 1. The molecule has 8 nitrogen and oxygen atoms in total. The van der Waals surface area contributed by atoms with Gasteiger partial charge in [-0.1, -0.05) is 64.5 Å². The van der Waals surface area contributed by atoms with E-state index in [0.717, 1.165) is 59.6 Å². The maximum atomic E-state index is 13.9. The Balaban J connectivity index is 1.61. The Bertz CT molecular complexity index is 1700. The molecule has 9 heteroatoms. The molecule has 2 N–H and O–H groups in total. The van der Waals surface area contributed by atoms with Gasteiger partial charge in [-0.2, -0.15) is 0 Å². The summed E-state index contributed by atoms with van der Waals surface area (Å²) in [6, 6.07) is 23.5. The maximum Gasteiger partial charge on any atom is 0.339 e. The maximum absolute atomic E-state index is 13.9. The molecule has 0 aliphatic carbocycles. The Morgan fingerprint density at radius 2 is 1.67 bits per heavy atom. The van der Waals surface area contributed by atoms with Gasteiger partial charge in [-0.15, -0.1) is 0 Å². The highest BCUT2D eigenvalue weighted by atomic mass is 79.9. The summed E-state index contributed by atoms with van der Waals surface area (Å²) in [5.41, 5.74) is 10.5. The molecule has 0 spiro atoms. The van der Waals surface area contributed by atoms with Crippen molar-refractivity contribution in [3.63, 3.8) is 0 Å². The van der Waals surface area contributed by atoms with Gasteiger partial charge in [0.05, 0.1) is 32.0 Å². The van der Waals surface area contributed by atoms with Crippen molar-refractivity contribution < 1.29 is 24.2 Å². The number of halogens is 1. The van der Waals surface area contributed by atoms with Crippen LogP contribution in [0.1, 0.15) is 46.3 Å². The summed E-state index contributed by atoms with van der Waals surface area (Å²) >= 11 is 3.46. The Labute approximate surface area is 272 Å². The summed E-state index contributed by atoms with van der Waals surface area (Å²) in [7, 11) is 3.06. The van der Waals surface area contributed by atoms with Gasteiger partial charge in [0, 0.05) is 23.1 Å². The zero-order valence-corrected chi connectivity index (χ0v) is 27.6. The number of hydrazine groups is 1. The molecule has 0 bridgehead atoms. The third-order valence-electron chi connectivity index (χ3n) is 8.24. The van der Waals surface area contributed by atoms with Crippen LogP contribution in [0, 0.1) is 13.8 Å². The van der Waals surface area contributed by atoms with Gasteiger partial charge >= 0.3 is 5.97 Å². The highest BCUT2D eigenvalue weighted by molar-refractivity contribution is 9.10. The van der Waals surface area contributed by atoms with Gasteiger partial charge in [0.1, 0.15) is 22.7 Å². The van der Waals surface area contributed by atoms with Crippen LogP contribution in [0.2, 0.25) is 0 Å². The van der Waals surface area contributed by atoms with E-state index in [1.54, 1.807) is 13.2 Å². The van der Waals surface area contributed by atoms with Crippen molar-refractivity contribution in [2.24, 2.45) is 0 Å². The van der Waals surface area contributed by atoms with Crippen molar-refractivity contribution in [1.82, 2.24) is 5.43 Å². The van der Waals surface area contributed by atoms with E-state index in [1.165, 1.54) is 19.6 Å². The molecule has 45 heavy (non-hydrogen) atoms. The molecule has 1 aliphatic heterocycles. The van der Waals surface area contributed by atoms with Crippen LogP contribution >= 0.6 is 15.9 Å². The highest BCUT2D eigenvalue weighted by Gasteiger charge is 2.27. The number of rotatable bonds is 10. The number of nitrogens with zero attached hydrogens (tertiary/aromatic N) is 2. The number of ether oxygens (including phenoxy) is 2. The summed E-state index contributed by atoms with van der Waals surface area (Å²) < 4.78 is 11.9. The lowest BCUT2D eigenvalue weighted by atomic mass is 9.98. The first-order chi connectivity index (χ1) is 21.7. The second-order valence-electron chi connectivity index (χ2n) is 11.1. The number of carbonyl (C=O) groups is 2. The minimum Gasteiger partial charge on any atom is -0.496 e. The zero-order chi connectivity index (χ0) is 32.1. The number of benzene rings is 4. The summed E-state index contributed by atoms with van der Waals surface area (Å²) in [5, 5.41) is 11.4. The number of hydrogen-bond donors (Lipinski definition) is 2. The number of carboxylic acid groups (broad SMARTS) is 1. The van der Waals surface area contributed by atoms with Gasteiger partial charge in [0.2, 0.25) is 5.91 Å². The second kappa shape index (κ2) is 14.1. The number of amides is 1. The molecule has 4 aromatic carbocycles. The number of anilines is 3. The van der Waals surface area contributed by atoms with E-state index in [0.29, 0.717) is 21.5 Å². The average molecular weight is 673 g/mol. The van der Waals surface area contributed by atoms with Gasteiger partial charge in [-0.25, -0.2) is 9.80 Å². The van der Waals surface area contributed by atoms with E-state index in [2.05, 4.69) is 56.6 Å². The Morgan fingerprint density at radius 3 is 2.33 bits per heavy atom. The molecule has 1 saturated heterocycles. The highest BCUT2D eigenvalue weighted by Crippen LogP contribution is 2.44. The fraction of sp³-hybridized carbons (Fsp3) is 0.278. The number of para-hydroxylation sites is 1. The topological polar surface area (TPSA) is 91.3 Å². The van der Waals surface area contributed by atoms with Crippen molar-refractivity contribution >= 4 is 44.9 Å². The predicted molar refractivity (Wildman–Crippen MR) is 182 cm³/mol. The lowest BCUT2D eigenvalue weighted by molar-refractivity contribution is -0.120. The number of carbonyl (C=O) groups excluding carboxylic acids is 1. The number of hydrogen-bond acceptors (Lipinski definition) is 6. The van der Waals surface area contributed by atoms with Crippen molar-refractivity contribution in [2.45, 2.75) is 39.5 Å². The summed E-state index contributed by atoms with van der Waals surface area (Å²) in [4.78, 5) is 28.0. The van der Waals surface area contributed by atoms with Crippen LogP contribution in [0.25, 0.3) is 11.1 Å². The Morgan fingerprint density at radius 1 is 0.933 bits per heavy atom. The molecule has 0 atom stereocenters. The molecular weight excluding hydrogens is 634 g/mol. The van der Waals surface area contributed by atoms with E-state index in [4.69, 9.17) is 9.47 Å². The van der Waals surface area contributed by atoms with E-state index < -0.39 is 5.97 Å². The number of aromatic carboxylic acids is 1. The monoisotopic (exact) mass is 671 g/mol. The fourth-order valence-electron chi connectivity index (χ4n) is 6.01. The minimum absolute atomic E-state index is 0.0139. The van der Waals surface area contributed by atoms with E-state index >= 15 is 0 Å². The summed E-state index contributed by atoms with van der Waals surface area (Å²) in [6.45, 7) is 5.95. The molecule has 1 amide bonds. The number of piperidine rings is 1. The molecule has 0 unspecified atom stereocenters. The standard InChI is InChI=1S/C36H38BrN3O5/c1-23-12-11-15-30(39-18-9-6-10-19-39)34(23)40(31-17-16-27(24(2)35(31)45-4)25-13-7-5-8-14-25)38-33(41)21-26-20-32(44-3)28(36(42)43)22-29(26)37/h5,7-8,11-17,20,22H,6,9-10,18-19,21H2,1-4H3,(H,38,41)(H,42,43). The molecular formula is C36H38BrN3O5. The molecule has 1 fully saturated rings. The number of aryl methyl sites for hydroxylation is 1. The largest absolute Gasteiger partial charge is 0.496 e. The molecule has 4 aromatic rings. The van der Waals surface area contributed by atoms with E-state index in [-0.39, 0.29) is 23.6 Å². The third kappa shape index (κ3) is 6.78.